The molecule has 0 aliphatic rings. The number of nitrogens with two attached hydrogens (primary N) is 2. The fourth-order valence-electron chi connectivity index (χ4n) is 1.63. The van der Waals surface area contributed by atoms with E-state index in [1.165, 1.54) is 17.8 Å². The van der Waals surface area contributed by atoms with E-state index >= 15 is 0 Å². The zero-order valence-corrected chi connectivity index (χ0v) is 12.9. The van der Waals surface area contributed by atoms with Gasteiger partial charge in [0.2, 0.25) is 10.0 Å². The van der Waals surface area contributed by atoms with Crippen molar-refractivity contribution in [3.63, 3.8) is 0 Å². The number of rotatable bonds is 3. The lowest BCUT2D eigenvalue weighted by Gasteiger charge is -2.11. The third kappa shape index (κ3) is 3.24. The van der Waals surface area contributed by atoms with Crippen LogP contribution < -0.4 is 10.9 Å². The van der Waals surface area contributed by atoms with Gasteiger partial charge >= 0.3 is 0 Å². The van der Waals surface area contributed by atoms with Crippen LogP contribution in [0.4, 0.5) is 5.69 Å². The zero-order chi connectivity index (χ0) is 14.9. The molecule has 0 saturated heterocycles. The summed E-state index contributed by atoms with van der Waals surface area (Å²) in [5, 5.41) is 6.24. The number of hydrogen-bond donors (Lipinski definition) is 2. The van der Waals surface area contributed by atoms with Crippen LogP contribution in [0.1, 0.15) is 5.56 Å². The molecule has 0 unspecified atom stereocenters. The van der Waals surface area contributed by atoms with Gasteiger partial charge in [-0.05, 0) is 36.8 Å². The molecule has 0 fully saturated rings. The summed E-state index contributed by atoms with van der Waals surface area (Å²) >= 11 is 7.28. The van der Waals surface area contributed by atoms with Crippen molar-refractivity contribution in [2.45, 2.75) is 21.7 Å². The number of hydrogen-bond acceptors (Lipinski definition) is 5. The van der Waals surface area contributed by atoms with Gasteiger partial charge in [-0.3, -0.25) is 0 Å². The van der Waals surface area contributed by atoms with Gasteiger partial charge in [-0.2, -0.15) is 0 Å². The molecular formula is C12H12ClN3O2S2. The molecule has 106 valence electrons. The minimum absolute atomic E-state index is 0.00653. The molecule has 0 spiro atoms. The average molecular weight is 330 g/mol. The second-order valence-corrected chi connectivity index (χ2v) is 7.05. The van der Waals surface area contributed by atoms with Gasteiger partial charge in [0.05, 0.1) is 9.92 Å². The van der Waals surface area contributed by atoms with Crippen LogP contribution in [0, 0.1) is 6.92 Å². The normalized spacial score (nSPS) is 11.6. The van der Waals surface area contributed by atoms with Gasteiger partial charge in [-0.25, -0.2) is 18.5 Å². The zero-order valence-electron chi connectivity index (χ0n) is 10.5. The molecule has 20 heavy (non-hydrogen) atoms. The molecule has 0 amide bonds. The van der Waals surface area contributed by atoms with Crippen LogP contribution >= 0.6 is 23.4 Å². The van der Waals surface area contributed by atoms with Crippen LogP contribution in [-0.2, 0) is 10.0 Å². The van der Waals surface area contributed by atoms with E-state index in [9.17, 15) is 8.42 Å². The molecule has 0 atom stereocenters. The number of nitrogens with zero attached hydrogens (tertiary/aromatic N) is 1. The molecule has 0 aliphatic heterocycles. The minimum Gasteiger partial charge on any atom is -0.399 e. The lowest BCUT2D eigenvalue weighted by atomic mass is 10.2. The van der Waals surface area contributed by atoms with Crippen molar-refractivity contribution in [2.75, 3.05) is 5.73 Å². The quantitative estimate of drug-likeness (QED) is 0.842. The summed E-state index contributed by atoms with van der Waals surface area (Å²) in [6, 6.07) is 6.43. The van der Waals surface area contributed by atoms with Crippen LogP contribution in [0.15, 0.2) is 45.3 Å². The maximum atomic E-state index is 11.5. The Balaban J connectivity index is 2.54. The summed E-state index contributed by atoms with van der Waals surface area (Å²) in [5.74, 6) is 0. The topological polar surface area (TPSA) is 99.1 Å². The Morgan fingerprint density at radius 1 is 1.35 bits per heavy atom. The second-order valence-electron chi connectivity index (χ2n) is 4.08. The molecule has 1 heterocycles. The fourth-order valence-corrected chi connectivity index (χ4v) is 3.72. The number of anilines is 1. The molecule has 0 aliphatic carbocycles. The van der Waals surface area contributed by atoms with Gasteiger partial charge in [0.1, 0.15) is 5.03 Å². The first kappa shape index (κ1) is 15.1. The summed E-state index contributed by atoms with van der Waals surface area (Å²) in [5.41, 5.74) is 6.57. The SMILES string of the molecule is Cc1c(Sc2ncccc2Cl)cc(N)cc1S(N)(=O)=O. The van der Waals surface area contributed by atoms with Crippen molar-refractivity contribution >= 4 is 39.1 Å². The standard InChI is InChI=1S/C12H12ClN3O2S2/c1-7-10(19-12-9(13)3-2-4-16-12)5-8(14)6-11(7)20(15,17)18/h2-6H,14H2,1H3,(H2,15,17,18). The van der Waals surface area contributed by atoms with Crippen molar-refractivity contribution in [1.82, 2.24) is 4.98 Å². The molecule has 5 nitrogen and oxygen atoms in total. The lowest BCUT2D eigenvalue weighted by molar-refractivity contribution is 0.597. The summed E-state index contributed by atoms with van der Waals surface area (Å²) < 4.78 is 23.1. The van der Waals surface area contributed by atoms with E-state index in [0.29, 0.717) is 26.2 Å². The highest BCUT2D eigenvalue weighted by Gasteiger charge is 2.17. The highest BCUT2D eigenvalue weighted by Crippen LogP contribution is 2.36. The Morgan fingerprint density at radius 3 is 2.65 bits per heavy atom. The number of halogens is 1. The maximum absolute atomic E-state index is 11.5. The van der Waals surface area contributed by atoms with Crippen molar-refractivity contribution in [1.29, 1.82) is 0 Å². The van der Waals surface area contributed by atoms with E-state index in [2.05, 4.69) is 4.98 Å². The number of aromatic nitrogens is 1. The van der Waals surface area contributed by atoms with Crippen LogP contribution in [0.5, 0.6) is 0 Å². The van der Waals surface area contributed by atoms with Gasteiger partial charge in [0.25, 0.3) is 0 Å². The Morgan fingerprint density at radius 2 is 2.05 bits per heavy atom. The molecule has 0 saturated carbocycles. The minimum atomic E-state index is -3.83. The van der Waals surface area contributed by atoms with Gasteiger partial charge < -0.3 is 5.73 Å². The number of pyridine rings is 1. The van der Waals surface area contributed by atoms with E-state index in [0.717, 1.165) is 0 Å². The highest BCUT2D eigenvalue weighted by atomic mass is 35.5. The Bertz CT molecular complexity index is 763. The predicted octanol–water partition coefficient (Wildman–Crippen LogP) is 2.42. The molecule has 0 radical (unpaired) electrons. The molecule has 2 aromatic rings. The molecule has 1 aromatic carbocycles. The van der Waals surface area contributed by atoms with E-state index in [1.54, 1.807) is 31.3 Å². The lowest BCUT2D eigenvalue weighted by Crippen LogP contribution is -2.14. The number of nitrogen functional groups attached to an aromatic ring is 1. The van der Waals surface area contributed by atoms with Crippen LogP contribution in [0.2, 0.25) is 5.02 Å². The van der Waals surface area contributed by atoms with Crippen LogP contribution in [-0.4, -0.2) is 13.4 Å². The number of benzene rings is 1. The molecule has 4 N–H and O–H groups in total. The van der Waals surface area contributed by atoms with E-state index in [4.69, 9.17) is 22.5 Å². The first-order chi connectivity index (χ1) is 9.29. The van der Waals surface area contributed by atoms with Crippen LogP contribution in [0.3, 0.4) is 0 Å². The first-order valence-electron chi connectivity index (χ1n) is 5.50. The van der Waals surface area contributed by atoms with Crippen molar-refractivity contribution < 1.29 is 8.42 Å². The van der Waals surface area contributed by atoms with Gasteiger partial charge in [0, 0.05) is 16.8 Å². The predicted molar refractivity (Wildman–Crippen MR) is 80.3 cm³/mol. The van der Waals surface area contributed by atoms with E-state index in [-0.39, 0.29) is 4.90 Å². The maximum Gasteiger partial charge on any atom is 0.238 e. The monoisotopic (exact) mass is 329 g/mol. The van der Waals surface area contributed by atoms with Gasteiger partial charge in [-0.15, -0.1) is 0 Å². The third-order valence-electron chi connectivity index (χ3n) is 2.57. The Labute approximate surface area is 126 Å². The highest BCUT2D eigenvalue weighted by molar-refractivity contribution is 7.99. The van der Waals surface area contributed by atoms with Gasteiger partial charge in [0.15, 0.2) is 0 Å². The fraction of sp³-hybridized carbons (Fsp3) is 0.0833. The number of primary sulfonamides is 1. The largest absolute Gasteiger partial charge is 0.399 e. The Kier molecular flexibility index (Phi) is 4.24. The van der Waals surface area contributed by atoms with E-state index in [1.807, 2.05) is 0 Å². The summed E-state index contributed by atoms with van der Waals surface area (Å²) in [7, 11) is -3.83. The smallest absolute Gasteiger partial charge is 0.238 e. The van der Waals surface area contributed by atoms with Crippen molar-refractivity contribution in [2.24, 2.45) is 5.14 Å². The second kappa shape index (κ2) is 5.61. The summed E-state index contributed by atoms with van der Waals surface area (Å²) in [6.07, 6.45) is 1.61. The van der Waals surface area contributed by atoms with Crippen molar-refractivity contribution in [3.8, 4) is 0 Å². The Hall–Kier alpha value is -1.28. The van der Waals surface area contributed by atoms with Gasteiger partial charge in [-0.1, -0.05) is 23.4 Å². The van der Waals surface area contributed by atoms with E-state index < -0.39 is 10.0 Å². The van der Waals surface area contributed by atoms with Crippen LogP contribution in [0.25, 0.3) is 0 Å². The first-order valence-corrected chi connectivity index (χ1v) is 8.24. The molecule has 1 aromatic heterocycles. The third-order valence-corrected chi connectivity index (χ3v) is 5.19. The summed E-state index contributed by atoms with van der Waals surface area (Å²) in [6.45, 7) is 1.67. The number of sulfonamides is 1. The molecule has 8 heteroatoms. The molecular weight excluding hydrogens is 318 g/mol. The molecule has 2 rings (SSSR count). The average Bonchev–Trinajstić information content (AvgIpc) is 2.34. The van der Waals surface area contributed by atoms with Crippen molar-refractivity contribution in [3.05, 3.63) is 41.0 Å². The summed E-state index contributed by atoms with van der Waals surface area (Å²) in [4.78, 5) is 4.80. The molecule has 0 bridgehead atoms.